The molecule has 0 N–H and O–H groups in total. The fourth-order valence-corrected chi connectivity index (χ4v) is 2.19. The quantitative estimate of drug-likeness (QED) is 0.754. The molecule has 1 aliphatic heterocycles. The van der Waals surface area contributed by atoms with Crippen molar-refractivity contribution in [2.24, 2.45) is 5.92 Å². The average molecular weight is 243 g/mol. The number of hydrogen-bond acceptors (Lipinski definition) is 2. The summed E-state index contributed by atoms with van der Waals surface area (Å²) in [6.07, 6.45) is 6.69. The molecule has 18 heavy (non-hydrogen) atoms. The van der Waals surface area contributed by atoms with E-state index in [0.717, 1.165) is 18.7 Å². The first kappa shape index (κ1) is 12.5. The standard InChI is InChI=1S/C15H17NO2/c1-3-12-10-15(17)16(11-12)8-7-13-5-4-6-14(9-13)18-2/h1,4-6,9,12H,7-8,10-11H2,2H3. The Hall–Kier alpha value is -1.95. The number of methoxy groups -OCH3 is 1. The second kappa shape index (κ2) is 5.59. The van der Waals surface area contributed by atoms with Crippen LogP contribution in [0.2, 0.25) is 0 Å². The average Bonchev–Trinajstić information content (AvgIpc) is 2.77. The van der Waals surface area contributed by atoms with Gasteiger partial charge >= 0.3 is 0 Å². The number of carbonyl (C=O) groups is 1. The van der Waals surface area contributed by atoms with E-state index in [2.05, 4.69) is 5.92 Å². The van der Waals surface area contributed by atoms with Crippen molar-refractivity contribution in [3.63, 3.8) is 0 Å². The van der Waals surface area contributed by atoms with Crippen molar-refractivity contribution in [2.45, 2.75) is 12.8 Å². The van der Waals surface area contributed by atoms with Crippen molar-refractivity contribution in [3.8, 4) is 18.1 Å². The molecule has 3 heteroatoms. The third kappa shape index (κ3) is 2.84. The van der Waals surface area contributed by atoms with Gasteiger partial charge in [0.1, 0.15) is 5.75 Å². The van der Waals surface area contributed by atoms with Crippen LogP contribution in [0, 0.1) is 18.3 Å². The number of ether oxygens (including phenoxy) is 1. The molecule has 2 rings (SSSR count). The van der Waals surface area contributed by atoms with Crippen molar-refractivity contribution in [1.29, 1.82) is 0 Å². The van der Waals surface area contributed by atoms with Crippen molar-refractivity contribution >= 4 is 5.91 Å². The molecule has 1 heterocycles. The lowest BCUT2D eigenvalue weighted by molar-refractivity contribution is -0.127. The van der Waals surface area contributed by atoms with Gasteiger partial charge in [-0.15, -0.1) is 12.3 Å². The summed E-state index contributed by atoms with van der Waals surface area (Å²) in [6, 6.07) is 7.92. The molecular weight excluding hydrogens is 226 g/mol. The molecule has 0 bridgehead atoms. The molecule has 1 aliphatic rings. The highest BCUT2D eigenvalue weighted by Gasteiger charge is 2.27. The van der Waals surface area contributed by atoms with E-state index in [-0.39, 0.29) is 11.8 Å². The van der Waals surface area contributed by atoms with E-state index in [0.29, 0.717) is 13.0 Å². The molecule has 1 unspecified atom stereocenters. The zero-order chi connectivity index (χ0) is 13.0. The van der Waals surface area contributed by atoms with Gasteiger partial charge in [-0.3, -0.25) is 4.79 Å². The summed E-state index contributed by atoms with van der Waals surface area (Å²) in [4.78, 5) is 13.5. The van der Waals surface area contributed by atoms with Gasteiger partial charge in [-0.2, -0.15) is 0 Å². The normalized spacial score (nSPS) is 18.8. The molecule has 0 aliphatic carbocycles. The molecule has 0 radical (unpaired) electrons. The third-order valence-electron chi connectivity index (χ3n) is 3.25. The van der Waals surface area contributed by atoms with Crippen LogP contribution in [0.15, 0.2) is 24.3 Å². The molecular formula is C15H17NO2. The van der Waals surface area contributed by atoms with Crippen LogP contribution in [0.4, 0.5) is 0 Å². The lowest BCUT2D eigenvalue weighted by Gasteiger charge is -2.15. The maximum Gasteiger partial charge on any atom is 0.223 e. The van der Waals surface area contributed by atoms with E-state index in [9.17, 15) is 4.79 Å². The zero-order valence-corrected chi connectivity index (χ0v) is 10.6. The topological polar surface area (TPSA) is 29.5 Å². The number of amides is 1. The number of likely N-dealkylation sites (tertiary alicyclic amines) is 1. The first-order valence-corrected chi connectivity index (χ1v) is 6.09. The predicted molar refractivity (Wildman–Crippen MR) is 70.2 cm³/mol. The molecule has 3 nitrogen and oxygen atoms in total. The summed E-state index contributed by atoms with van der Waals surface area (Å²) < 4.78 is 5.18. The van der Waals surface area contributed by atoms with Crippen LogP contribution in [-0.2, 0) is 11.2 Å². The van der Waals surface area contributed by atoms with Crippen LogP contribution in [-0.4, -0.2) is 31.0 Å². The summed E-state index contributed by atoms with van der Waals surface area (Å²) in [5.74, 6) is 3.76. The van der Waals surface area contributed by atoms with E-state index >= 15 is 0 Å². The highest BCUT2D eigenvalue weighted by molar-refractivity contribution is 5.79. The second-order valence-electron chi connectivity index (χ2n) is 4.51. The van der Waals surface area contributed by atoms with Gasteiger partial charge in [-0.1, -0.05) is 12.1 Å². The van der Waals surface area contributed by atoms with Crippen LogP contribution >= 0.6 is 0 Å². The van der Waals surface area contributed by atoms with Crippen molar-refractivity contribution in [2.75, 3.05) is 20.2 Å². The molecule has 1 atom stereocenters. The number of terminal acetylenes is 1. The zero-order valence-electron chi connectivity index (χ0n) is 10.6. The highest BCUT2D eigenvalue weighted by atomic mass is 16.5. The van der Waals surface area contributed by atoms with E-state index in [1.807, 2.05) is 29.2 Å². The van der Waals surface area contributed by atoms with Gasteiger partial charge in [0.25, 0.3) is 0 Å². The van der Waals surface area contributed by atoms with Crippen molar-refractivity contribution < 1.29 is 9.53 Å². The highest BCUT2D eigenvalue weighted by Crippen LogP contribution is 2.18. The first-order chi connectivity index (χ1) is 8.72. The van der Waals surface area contributed by atoms with E-state index in [1.54, 1.807) is 7.11 Å². The smallest absolute Gasteiger partial charge is 0.223 e. The number of carbonyl (C=O) groups excluding carboxylic acids is 1. The number of benzene rings is 1. The molecule has 1 saturated heterocycles. The number of nitrogens with zero attached hydrogens (tertiary/aromatic N) is 1. The lowest BCUT2D eigenvalue weighted by Crippen LogP contribution is -2.27. The molecule has 0 aromatic heterocycles. The maximum absolute atomic E-state index is 11.7. The largest absolute Gasteiger partial charge is 0.497 e. The van der Waals surface area contributed by atoms with Crippen molar-refractivity contribution in [1.82, 2.24) is 4.90 Å². The molecule has 0 saturated carbocycles. The second-order valence-corrected chi connectivity index (χ2v) is 4.51. The molecule has 0 spiro atoms. The van der Waals surface area contributed by atoms with Crippen LogP contribution in [0.25, 0.3) is 0 Å². The van der Waals surface area contributed by atoms with E-state index < -0.39 is 0 Å². The van der Waals surface area contributed by atoms with Crippen LogP contribution in [0.3, 0.4) is 0 Å². The summed E-state index contributed by atoms with van der Waals surface area (Å²) in [5.41, 5.74) is 1.17. The Bertz CT molecular complexity index is 476. The Morgan fingerprint density at radius 3 is 3.06 bits per heavy atom. The minimum absolute atomic E-state index is 0.0859. The van der Waals surface area contributed by atoms with Gasteiger partial charge in [-0.05, 0) is 24.1 Å². The number of rotatable bonds is 4. The Kier molecular flexibility index (Phi) is 3.88. The molecule has 1 amide bonds. The first-order valence-electron chi connectivity index (χ1n) is 6.09. The summed E-state index contributed by atoms with van der Waals surface area (Å²) in [6.45, 7) is 1.42. The Balaban J connectivity index is 1.92. The van der Waals surface area contributed by atoms with Gasteiger partial charge in [-0.25, -0.2) is 0 Å². The van der Waals surface area contributed by atoms with E-state index in [4.69, 9.17) is 11.2 Å². The summed E-state index contributed by atoms with van der Waals surface area (Å²) in [5, 5.41) is 0. The third-order valence-corrected chi connectivity index (χ3v) is 3.25. The van der Waals surface area contributed by atoms with Gasteiger partial charge < -0.3 is 9.64 Å². The molecule has 1 aromatic carbocycles. The van der Waals surface area contributed by atoms with Gasteiger partial charge in [0.2, 0.25) is 5.91 Å². The molecule has 1 aromatic rings. The maximum atomic E-state index is 11.7. The van der Waals surface area contributed by atoms with Gasteiger partial charge in [0, 0.05) is 25.4 Å². The van der Waals surface area contributed by atoms with Crippen LogP contribution in [0.5, 0.6) is 5.75 Å². The number of hydrogen-bond donors (Lipinski definition) is 0. The predicted octanol–water partition coefficient (Wildman–Crippen LogP) is 1.72. The van der Waals surface area contributed by atoms with Crippen molar-refractivity contribution in [3.05, 3.63) is 29.8 Å². The van der Waals surface area contributed by atoms with Crippen LogP contribution < -0.4 is 4.74 Å². The summed E-state index contributed by atoms with van der Waals surface area (Å²) in [7, 11) is 1.65. The molecule has 1 fully saturated rings. The minimum Gasteiger partial charge on any atom is -0.497 e. The Morgan fingerprint density at radius 1 is 1.56 bits per heavy atom. The summed E-state index contributed by atoms with van der Waals surface area (Å²) >= 11 is 0. The minimum atomic E-state index is 0.0859. The molecule has 94 valence electrons. The van der Waals surface area contributed by atoms with E-state index in [1.165, 1.54) is 5.56 Å². The monoisotopic (exact) mass is 243 g/mol. The lowest BCUT2D eigenvalue weighted by atomic mass is 10.1. The van der Waals surface area contributed by atoms with Gasteiger partial charge in [0.05, 0.1) is 7.11 Å². The fraction of sp³-hybridized carbons (Fsp3) is 0.400. The Labute approximate surface area is 108 Å². The SMILES string of the molecule is C#CC1CC(=O)N(CCc2cccc(OC)c2)C1. The van der Waals surface area contributed by atoms with Gasteiger partial charge in [0.15, 0.2) is 0 Å². The fourth-order valence-electron chi connectivity index (χ4n) is 2.19. The van der Waals surface area contributed by atoms with Crippen LogP contribution in [0.1, 0.15) is 12.0 Å². The Morgan fingerprint density at radius 2 is 2.39 bits per heavy atom.